The van der Waals surface area contributed by atoms with E-state index in [1.165, 1.54) is 18.2 Å². The van der Waals surface area contributed by atoms with Crippen LogP contribution in [-0.4, -0.2) is 37.5 Å². The van der Waals surface area contributed by atoms with Gasteiger partial charge < -0.3 is 0 Å². The van der Waals surface area contributed by atoms with Gasteiger partial charge in [0.25, 0.3) is 10.0 Å². The maximum atomic E-state index is 12.6. The Morgan fingerprint density at radius 1 is 0.931 bits per heavy atom. The van der Waals surface area contributed by atoms with E-state index in [0.717, 1.165) is 17.9 Å². The van der Waals surface area contributed by atoms with Crippen molar-refractivity contribution < 1.29 is 16.8 Å². The molecule has 0 spiro atoms. The second kappa shape index (κ2) is 6.98. The number of rotatable bonds is 5. The number of sulfone groups is 1. The lowest BCUT2D eigenvalue weighted by Crippen LogP contribution is -2.13. The first-order valence-electron chi connectivity index (χ1n) is 8.45. The van der Waals surface area contributed by atoms with Gasteiger partial charge in [0.2, 0.25) is 5.78 Å². The summed E-state index contributed by atoms with van der Waals surface area (Å²) in [5, 5.41) is 0. The second-order valence-electron chi connectivity index (χ2n) is 6.38. The summed E-state index contributed by atoms with van der Waals surface area (Å²) in [4.78, 5) is 8.40. The molecule has 29 heavy (non-hydrogen) atoms. The monoisotopic (exact) mass is 428 g/mol. The standard InChI is InChI=1S/C19H16N4O4S2/c1-28(24,25)16-4-2-5-17(12-16)29(26,27)22-15-8-6-14(7-9-15)18-13-23-11-3-10-20-19(23)21-18/h2-13,22H,1H3. The van der Waals surface area contributed by atoms with E-state index in [4.69, 9.17) is 0 Å². The van der Waals surface area contributed by atoms with Crippen molar-refractivity contribution in [2.75, 3.05) is 11.0 Å². The number of hydrogen-bond donors (Lipinski definition) is 1. The summed E-state index contributed by atoms with van der Waals surface area (Å²) in [7, 11) is -7.45. The van der Waals surface area contributed by atoms with Crippen LogP contribution in [0.5, 0.6) is 0 Å². The zero-order valence-corrected chi connectivity index (χ0v) is 16.9. The molecular formula is C19H16N4O4S2. The molecule has 8 nitrogen and oxygen atoms in total. The smallest absolute Gasteiger partial charge is 0.261 e. The van der Waals surface area contributed by atoms with Crippen molar-refractivity contribution in [3.05, 3.63) is 73.2 Å². The van der Waals surface area contributed by atoms with Gasteiger partial charge in [-0.05, 0) is 36.4 Å². The maximum Gasteiger partial charge on any atom is 0.261 e. The Balaban J connectivity index is 1.60. The van der Waals surface area contributed by atoms with Gasteiger partial charge >= 0.3 is 0 Å². The number of nitrogens with zero attached hydrogens (tertiary/aromatic N) is 3. The van der Waals surface area contributed by atoms with Gasteiger partial charge in [-0.15, -0.1) is 0 Å². The molecule has 1 N–H and O–H groups in total. The molecule has 0 aliphatic carbocycles. The number of anilines is 1. The molecule has 4 aromatic rings. The van der Waals surface area contributed by atoms with E-state index in [9.17, 15) is 16.8 Å². The van der Waals surface area contributed by atoms with Crippen LogP contribution in [0, 0.1) is 0 Å². The third-order valence-electron chi connectivity index (χ3n) is 4.21. The highest BCUT2D eigenvalue weighted by atomic mass is 32.2. The first-order valence-corrected chi connectivity index (χ1v) is 11.8. The molecule has 10 heteroatoms. The van der Waals surface area contributed by atoms with Gasteiger partial charge in [-0.2, -0.15) is 0 Å². The molecule has 4 rings (SSSR count). The number of hydrogen-bond acceptors (Lipinski definition) is 6. The fraction of sp³-hybridized carbons (Fsp3) is 0.0526. The number of fused-ring (bicyclic) bond motifs is 1. The van der Waals surface area contributed by atoms with E-state index >= 15 is 0 Å². The fourth-order valence-corrected chi connectivity index (χ4v) is 4.61. The quantitative estimate of drug-likeness (QED) is 0.523. The summed E-state index contributed by atoms with van der Waals surface area (Å²) in [6.45, 7) is 0. The third kappa shape index (κ3) is 3.98. The van der Waals surface area contributed by atoms with E-state index in [0.29, 0.717) is 17.2 Å². The van der Waals surface area contributed by atoms with Crippen molar-refractivity contribution in [1.82, 2.24) is 14.4 Å². The summed E-state index contributed by atoms with van der Waals surface area (Å²) >= 11 is 0. The predicted octanol–water partition coefficient (Wildman–Crippen LogP) is 2.60. The Morgan fingerprint density at radius 2 is 1.66 bits per heavy atom. The van der Waals surface area contributed by atoms with Gasteiger partial charge in [-0.3, -0.25) is 9.12 Å². The van der Waals surface area contributed by atoms with Crippen LogP contribution in [0.4, 0.5) is 5.69 Å². The molecule has 0 saturated heterocycles. The second-order valence-corrected chi connectivity index (χ2v) is 10.1. The highest BCUT2D eigenvalue weighted by Gasteiger charge is 2.17. The molecule has 0 atom stereocenters. The number of nitrogens with one attached hydrogen (secondary N) is 1. The molecule has 0 radical (unpaired) electrons. The molecule has 2 aromatic carbocycles. The fourth-order valence-electron chi connectivity index (χ4n) is 2.76. The molecule has 0 amide bonds. The number of sulfonamides is 1. The number of aromatic nitrogens is 3. The molecule has 0 aliphatic rings. The van der Waals surface area contributed by atoms with Crippen LogP contribution in [0.2, 0.25) is 0 Å². The molecule has 148 valence electrons. The first kappa shape index (κ1) is 19.1. The van der Waals surface area contributed by atoms with Crippen LogP contribution >= 0.6 is 0 Å². The molecule has 2 heterocycles. The van der Waals surface area contributed by atoms with Gasteiger partial charge in [-0.1, -0.05) is 18.2 Å². The third-order valence-corrected chi connectivity index (χ3v) is 6.70. The topological polar surface area (TPSA) is 110 Å². The average molecular weight is 428 g/mol. The van der Waals surface area contributed by atoms with Crippen LogP contribution < -0.4 is 4.72 Å². The predicted molar refractivity (Wildman–Crippen MR) is 109 cm³/mol. The Bertz CT molecular complexity index is 1380. The van der Waals surface area contributed by atoms with Crippen molar-refractivity contribution in [3.63, 3.8) is 0 Å². The first-order chi connectivity index (χ1) is 13.7. The van der Waals surface area contributed by atoms with Crippen molar-refractivity contribution in [1.29, 1.82) is 0 Å². The largest absolute Gasteiger partial charge is 0.291 e. The zero-order chi connectivity index (χ0) is 20.6. The summed E-state index contributed by atoms with van der Waals surface area (Å²) in [5.74, 6) is 0.568. The van der Waals surface area contributed by atoms with Gasteiger partial charge in [-0.25, -0.2) is 26.8 Å². The van der Waals surface area contributed by atoms with Crippen molar-refractivity contribution >= 4 is 31.3 Å². The molecule has 0 aliphatic heterocycles. The Labute approximate surface area is 167 Å². The molecule has 0 saturated carbocycles. The van der Waals surface area contributed by atoms with E-state index in [2.05, 4.69) is 14.7 Å². The van der Waals surface area contributed by atoms with Crippen LogP contribution in [0.1, 0.15) is 0 Å². The van der Waals surface area contributed by atoms with Crippen LogP contribution in [0.25, 0.3) is 17.0 Å². The maximum absolute atomic E-state index is 12.6. The van der Waals surface area contributed by atoms with Crippen molar-refractivity contribution in [3.8, 4) is 11.3 Å². The van der Waals surface area contributed by atoms with E-state index in [1.807, 2.05) is 12.4 Å². The van der Waals surface area contributed by atoms with E-state index < -0.39 is 19.9 Å². The van der Waals surface area contributed by atoms with Crippen molar-refractivity contribution in [2.45, 2.75) is 9.79 Å². The summed E-state index contributed by atoms with van der Waals surface area (Å²) in [6.07, 6.45) is 6.35. The SMILES string of the molecule is CS(=O)(=O)c1cccc(S(=O)(=O)Nc2ccc(-c3cn4cccnc4n3)cc2)c1. The minimum atomic E-state index is -3.94. The van der Waals surface area contributed by atoms with E-state index in [1.54, 1.807) is 40.9 Å². The van der Waals surface area contributed by atoms with Gasteiger partial charge in [0.1, 0.15) is 0 Å². The van der Waals surface area contributed by atoms with Crippen molar-refractivity contribution in [2.24, 2.45) is 0 Å². The van der Waals surface area contributed by atoms with Crippen LogP contribution in [0.15, 0.2) is 83.0 Å². The zero-order valence-electron chi connectivity index (χ0n) is 15.2. The molecule has 0 unspecified atom stereocenters. The lowest BCUT2D eigenvalue weighted by atomic mass is 10.1. The Kier molecular flexibility index (Phi) is 4.59. The average Bonchev–Trinajstić information content (AvgIpc) is 3.12. The van der Waals surface area contributed by atoms with Crippen LogP contribution in [-0.2, 0) is 19.9 Å². The lowest BCUT2D eigenvalue weighted by Gasteiger charge is -2.09. The summed E-state index contributed by atoms with van der Waals surface area (Å²) < 4.78 is 52.9. The minimum absolute atomic E-state index is 0.0591. The highest BCUT2D eigenvalue weighted by Crippen LogP contribution is 2.23. The Morgan fingerprint density at radius 3 is 2.34 bits per heavy atom. The molecule has 2 aromatic heterocycles. The highest BCUT2D eigenvalue weighted by molar-refractivity contribution is 7.93. The normalized spacial score (nSPS) is 12.2. The van der Waals surface area contributed by atoms with E-state index in [-0.39, 0.29) is 9.79 Å². The van der Waals surface area contributed by atoms with Gasteiger partial charge in [0, 0.05) is 36.1 Å². The molecular weight excluding hydrogens is 412 g/mol. The number of benzene rings is 2. The summed E-state index contributed by atoms with van der Waals surface area (Å²) in [5.41, 5.74) is 1.86. The molecule has 0 fully saturated rings. The minimum Gasteiger partial charge on any atom is -0.291 e. The van der Waals surface area contributed by atoms with Crippen LogP contribution in [0.3, 0.4) is 0 Å². The van der Waals surface area contributed by atoms with Gasteiger partial charge in [0.05, 0.1) is 15.5 Å². The Hall–Kier alpha value is -3.24. The van der Waals surface area contributed by atoms with Gasteiger partial charge in [0.15, 0.2) is 9.84 Å². The molecule has 0 bridgehead atoms. The lowest BCUT2D eigenvalue weighted by molar-refractivity contribution is 0.599. The summed E-state index contributed by atoms with van der Waals surface area (Å²) in [6, 6.07) is 13.7. The number of imidazole rings is 1.